The number of rotatable bonds is 4. The van der Waals surface area contributed by atoms with Crippen molar-refractivity contribution >= 4 is 5.97 Å². The maximum atomic E-state index is 12.0. The fraction of sp³-hybridized carbons (Fsp3) is 0.154. The Labute approximate surface area is 112 Å². The van der Waals surface area contributed by atoms with Crippen molar-refractivity contribution in [2.24, 2.45) is 0 Å². The first-order valence-corrected chi connectivity index (χ1v) is 5.59. The number of ether oxygens (including phenoxy) is 1. The summed E-state index contributed by atoms with van der Waals surface area (Å²) >= 11 is 0. The molecule has 2 aromatic rings. The van der Waals surface area contributed by atoms with E-state index >= 15 is 0 Å². The topological polar surface area (TPSA) is 72.3 Å². The summed E-state index contributed by atoms with van der Waals surface area (Å²) in [4.78, 5) is 18.8. The van der Waals surface area contributed by atoms with Crippen molar-refractivity contribution in [2.75, 3.05) is 0 Å². The normalized spacial score (nSPS) is 10.6. The van der Waals surface area contributed by atoms with E-state index in [1.54, 1.807) is 12.1 Å². The summed E-state index contributed by atoms with van der Waals surface area (Å²) in [6.45, 7) is -1.34. The molecule has 104 valence electrons. The Morgan fingerprint density at radius 3 is 2.45 bits per heavy atom. The molecule has 0 atom stereocenters. The zero-order chi connectivity index (χ0) is 14.7. The third kappa shape index (κ3) is 3.05. The maximum Gasteiger partial charge on any atom is 0.387 e. The Morgan fingerprint density at radius 2 is 1.95 bits per heavy atom. The SMILES string of the molecule is Cc1nc(-c2ccc(OC(F)F)cc2)cnc1C(=O)O. The molecular weight excluding hydrogens is 270 g/mol. The number of benzene rings is 1. The Balaban J connectivity index is 2.28. The minimum Gasteiger partial charge on any atom is -0.476 e. The molecule has 0 aliphatic rings. The predicted octanol–water partition coefficient (Wildman–Crippen LogP) is 2.75. The van der Waals surface area contributed by atoms with Crippen LogP contribution in [0.1, 0.15) is 16.2 Å². The third-order valence-electron chi connectivity index (χ3n) is 2.52. The molecule has 0 spiro atoms. The van der Waals surface area contributed by atoms with Crippen molar-refractivity contribution in [2.45, 2.75) is 13.5 Å². The molecule has 0 aliphatic heterocycles. The van der Waals surface area contributed by atoms with Crippen LogP contribution in [0.2, 0.25) is 0 Å². The van der Waals surface area contributed by atoms with Crippen LogP contribution in [0.4, 0.5) is 8.78 Å². The largest absolute Gasteiger partial charge is 0.476 e. The number of carboxylic acid groups (broad SMARTS) is 1. The number of aryl methyl sites for hydroxylation is 1. The Morgan fingerprint density at radius 1 is 1.30 bits per heavy atom. The number of carboxylic acids is 1. The quantitative estimate of drug-likeness (QED) is 0.932. The summed E-state index contributed by atoms with van der Waals surface area (Å²) in [5.41, 5.74) is 1.24. The lowest BCUT2D eigenvalue weighted by Crippen LogP contribution is -2.05. The Kier molecular flexibility index (Phi) is 3.88. The molecule has 5 nitrogen and oxygen atoms in total. The summed E-state index contributed by atoms with van der Waals surface area (Å²) in [7, 11) is 0. The first kappa shape index (κ1) is 13.9. The summed E-state index contributed by atoms with van der Waals surface area (Å²) < 4.78 is 28.3. The molecule has 0 saturated heterocycles. The van der Waals surface area contributed by atoms with Gasteiger partial charge in [-0.2, -0.15) is 8.78 Å². The van der Waals surface area contributed by atoms with Crippen molar-refractivity contribution in [3.8, 4) is 17.0 Å². The lowest BCUT2D eigenvalue weighted by atomic mass is 10.1. The number of hydrogen-bond acceptors (Lipinski definition) is 4. The molecule has 2 rings (SSSR count). The molecule has 0 amide bonds. The predicted molar refractivity (Wildman–Crippen MR) is 65.8 cm³/mol. The van der Waals surface area contributed by atoms with E-state index in [9.17, 15) is 13.6 Å². The number of aromatic carboxylic acids is 1. The highest BCUT2D eigenvalue weighted by molar-refractivity contribution is 5.86. The molecule has 1 heterocycles. The van der Waals surface area contributed by atoms with Gasteiger partial charge < -0.3 is 9.84 Å². The van der Waals surface area contributed by atoms with Crippen LogP contribution in [0.25, 0.3) is 11.3 Å². The van der Waals surface area contributed by atoms with Gasteiger partial charge in [0, 0.05) is 5.56 Å². The van der Waals surface area contributed by atoms with Crippen LogP contribution in [-0.2, 0) is 0 Å². The molecule has 20 heavy (non-hydrogen) atoms. The zero-order valence-corrected chi connectivity index (χ0v) is 10.4. The fourth-order valence-corrected chi connectivity index (χ4v) is 1.64. The van der Waals surface area contributed by atoms with Gasteiger partial charge in [-0.3, -0.25) is 0 Å². The van der Waals surface area contributed by atoms with Gasteiger partial charge in [-0.1, -0.05) is 0 Å². The van der Waals surface area contributed by atoms with Crippen LogP contribution in [0.15, 0.2) is 30.5 Å². The molecule has 0 unspecified atom stereocenters. The average molecular weight is 280 g/mol. The summed E-state index contributed by atoms with van der Waals surface area (Å²) in [5.74, 6) is -1.11. The maximum absolute atomic E-state index is 12.0. The zero-order valence-electron chi connectivity index (χ0n) is 10.4. The first-order chi connectivity index (χ1) is 9.47. The van der Waals surface area contributed by atoms with E-state index in [1.807, 2.05) is 0 Å². The molecule has 7 heteroatoms. The molecular formula is C13H10F2N2O3. The molecule has 1 aromatic heterocycles. The Bertz CT molecular complexity index is 630. The van der Waals surface area contributed by atoms with Crippen molar-refractivity contribution in [3.05, 3.63) is 41.9 Å². The molecule has 0 saturated carbocycles. The molecule has 0 fully saturated rings. The lowest BCUT2D eigenvalue weighted by molar-refractivity contribution is -0.0498. The number of nitrogens with zero attached hydrogens (tertiary/aromatic N) is 2. The molecule has 0 bridgehead atoms. The second kappa shape index (κ2) is 5.60. The van der Waals surface area contributed by atoms with Gasteiger partial charge in [-0.05, 0) is 31.2 Å². The lowest BCUT2D eigenvalue weighted by Gasteiger charge is -2.06. The van der Waals surface area contributed by atoms with Gasteiger partial charge in [-0.15, -0.1) is 0 Å². The van der Waals surface area contributed by atoms with Crippen LogP contribution in [0.5, 0.6) is 5.75 Å². The van der Waals surface area contributed by atoms with E-state index in [0.29, 0.717) is 11.3 Å². The fourth-order valence-electron chi connectivity index (χ4n) is 1.64. The third-order valence-corrected chi connectivity index (χ3v) is 2.52. The number of carbonyl (C=O) groups is 1. The van der Waals surface area contributed by atoms with Crippen LogP contribution < -0.4 is 4.74 Å². The van der Waals surface area contributed by atoms with Crippen LogP contribution in [0, 0.1) is 6.92 Å². The van der Waals surface area contributed by atoms with Gasteiger partial charge >= 0.3 is 12.6 Å². The molecule has 1 aromatic carbocycles. The van der Waals surface area contributed by atoms with Crippen molar-refractivity contribution in [1.82, 2.24) is 9.97 Å². The number of halogens is 2. The van der Waals surface area contributed by atoms with E-state index in [-0.39, 0.29) is 17.1 Å². The highest BCUT2D eigenvalue weighted by atomic mass is 19.3. The first-order valence-electron chi connectivity index (χ1n) is 5.59. The second-order valence-electron chi connectivity index (χ2n) is 3.90. The van der Waals surface area contributed by atoms with Crippen LogP contribution in [0.3, 0.4) is 0 Å². The number of hydrogen-bond donors (Lipinski definition) is 1. The standard InChI is InChI=1S/C13H10F2N2O3/c1-7-11(12(18)19)16-6-10(17-7)8-2-4-9(5-3-8)20-13(14)15/h2-6,13H,1H3,(H,18,19). The van der Waals surface area contributed by atoms with Gasteiger partial charge in [0.25, 0.3) is 0 Å². The van der Waals surface area contributed by atoms with Gasteiger partial charge in [0.2, 0.25) is 0 Å². The highest BCUT2D eigenvalue weighted by Gasteiger charge is 2.11. The van der Waals surface area contributed by atoms with Crippen LogP contribution in [-0.4, -0.2) is 27.7 Å². The van der Waals surface area contributed by atoms with Gasteiger partial charge in [0.15, 0.2) is 5.69 Å². The number of aromatic nitrogens is 2. The molecule has 1 N–H and O–H groups in total. The Hall–Kier alpha value is -2.57. The minimum atomic E-state index is -2.88. The average Bonchev–Trinajstić information content (AvgIpc) is 2.38. The van der Waals surface area contributed by atoms with Crippen LogP contribution >= 0.6 is 0 Å². The van der Waals surface area contributed by atoms with Gasteiger partial charge in [0.05, 0.1) is 17.6 Å². The van der Waals surface area contributed by atoms with Crippen molar-refractivity contribution < 1.29 is 23.4 Å². The van der Waals surface area contributed by atoms with E-state index in [4.69, 9.17) is 5.11 Å². The highest BCUT2D eigenvalue weighted by Crippen LogP contribution is 2.22. The van der Waals surface area contributed by atoms with E-state index < -0.39 is 12.6 Å². The smallest absolute Gasteiger partial charge is 0.387 e. The van der Waals surface area contributed by atoms with E-state index in [2.05, 4.69) is 14.7 Å². The minimum absolute atomic E-state index is 0.0376. The summed E-state index contributed by atoms with van der Waals surface area (Å²) in [6, 6.07) is 5.84. The second-order valence-corrected chi connectivity index (χ2v) is 3.90. The van der Waals surface area contributed by atoms with Gasteiger partial charge in [0.1, 0.15) is 5.75 Å². The van der Waals surface area contributed by atoms with Gasteiger partial charge in [-0.25, -0.2) is 14.8 Å². The van der Waals surface area contributed by atoms with Crippen molar-refractivity contribution in [1.29, 1.82) is 0 Å². The van der Waals surface area contributed by atoms with Crippen molar-refractivity contribution in [3.63, 3.8) is 0 Å². The van der Waals surface area contributed by atoms with E-state index in [1.165, 1.54) is 25.3 Å². The summed E-state index contributed by atoms with van der Waals surface area (Å²) in [5, 5.41) is 8.86. The monoisotopic (exact) mass is 280 g/mol. The summed E-state index contributed by atoms with van der Waals surface area (Å²) in [6.07, 6.45) is 1.32. The number of alkyl halides is 2. The van der Waals surface area contributed by atoms with E-state index in [0.717, 1.165) is 0 Å². The molecule has 0 radical (unpaired) electrons. The molecule has 0 aliphatic carbocycles.